The minimum absolute atomic E-state index is 0.0698. The van der Waals surface area contributed by atoms with Crippen molar-refractivity contribution in [3.05, 3.63) is 53.5 Å². The predicted octanol–water partition coefficient (Wildman–Crippen LogP) is 1.29. The molecule has 0 radical (unpaired) electrons. The Kier molecular flexibility index (Phi) is 3.34. The van der Waals surface area contributed by atoms with E-state index in [1.807, 2.05) is 25.1 Å². The number of hydrogen-bond donors (Lipinski definition) is 1. The molecule has 1 N–H and O–H groups in total. The molecule has 104 valence electrons. The first-order valence-corrected chi connectivity index (χ1v) is 6.55. The van der Waals surface area contributed by atoms with Crippen molar-refractivity contribution in [2.45, 2.75) is 12.8 Å². The zero-order valence-corrected chi connectivity index (χ0v) is 11.4. The van der Waals surface area contributed by atoms with Crippen LogP contribution in [0.25, 0.3) is 0 Å². The van der Waals surface area contributed by atoms with Gasteiger partial charge in [0.05, 0.1) is 5.92 Å². The van der Waals surface area contributed by atoms with E-state index in [0.717, 1.165) is 11.1 Å². The summed E-state index contributed by atoms with van der Waals surface area (Å²) < 4.78 is 0. The number of nitrogens with zero attached hydrogens (tertiary/aromatic N) is 4. The molecule has 1 amide bonds. The van der Waals surface area contributed by atoms with Gasteiger partial charge in [0.1, 0.15) is 17.6 Å². The van der Waals surface area contributed by atoms with Gasteiger partial charge in [-0.1, -0.05) is 6.07 Å². The summed E-state index contributed by atoms with van der Waals surface area (Å²) in [6.45, 7) is 2.44. The number of rotatable bonds is 2. The summed E-state index contributed by atoms with van der Waals surface area (Å²) in [6, 6.07) is 9.09. The van der Waals surface area contributed by atoms with E-state index in [1.165, 1.54) is 5.01 Å². The maximum absolute atomic E-state index is 12.5. The van der Waals surface area contributed by atoms with Crippen molar-refractivity contribution in [2.75, 3.05) is 11.6 Å². The highest BCUT2D eigenvalue weighted by atomic mass is 16.2. The maximum atomic E-state index is 12.5. The lowest BCUT2D eigenvalue weighted by molar-refractivity contribution is -0.118. The maximum Gasteiger partial charge on any atom is 0.251 e. The first-order valence-electron chi connectivity index (χ1n) is 6.55. The number of nitriles is 1. The molecule has 2 aromatic rings. The second-order valence-electron chi connectivity index (χ2n) is 4.87. The number of aromatic nitrogens is 2. The zero-order chi connectivity index (χ0) is 14.8. The van der Waals surface area contributed by atoms with Gasteiger partial charge in [0.25, 0.3) is 5.91 Å². The molecule has 3 heterocycles. The van der Waals surface area contributed by atoms with Crippen LogP contribution in [0.15, 0.2) is 36.7 Å². The van der Waals surface area contributed by atoms with E-state index >= 15 is 0 Å². The van der Waals surface area contributed by atoms with Crippen LogP contribution < -0.4 is 10.4 Å². The van der Waals surface area contributed by atoms with Crippen LogP contribution >= 0.6 is 0 Å². The number of hydrogen-bond acceptors (Lipinski definition) is 5. The van der Waals surface area contributed by atoms with Crippen LogP contribution in [0.3, 0.4) is 0 Å². The van der Waals surface area contributed by atoms with Gasteiger partial charge < -0.3 is 0 Å². The summed E-state index contributed by atoms with van der Waals surface area (Å²) in [5.74, 6) is 0.205. The summed E-state index contributed by atoms with van der Waals surface area (Å²) in [6.07, 6.45) is 3.26. The Morgan fingerprint density at radius 3 is 2.90 bits per heavy atom. The Bertz CT molecular complexity index is 720. The van der Waals surface area contributed by atoms with E-state index in [0.29, 0.717) is 18.1 Å². The molecule has 3 rings (SSSR count). The lowest BCUT2D eigenvalue weighted by atomic mass is 10.0. The quantitative estimate of drug-likeness (QED) is 0.895. The van der Waals surface area contributed by atoms with Crippen molar-refractivity contribution in [3.63, 3.8) is 0 Å². The van der Waals surface area contributed by atoms with E-state index in [4.69, 9.17) is 5.26 Å². The monoisotopic (exact) mass is 279 g/mol. The van der Waals surface area contributed by atoms with Crippen molar-refractivity contribution in [1.82, 2.24) is 15.4 Å². The van der Waals surface area contributed by atoms with E-state index in [-0.39, 0.29) is 11.8 Å². The molecule has 6 nitrogen and oxygen atoms in total. The Morgan fingerprint density at radius 2 is 2.24 bits per heavy atom. The normalized spacial score (nSPS) is 17.8. The molecule has 21 heavy (non-hydrogen) atoms. The van der Waals surface area contributed by atoms with Crippen LogP contribution in [-0.4, -0.2) is 22.4 Å². The standard InChI is InChI=1S/C15H13N5O/c1-10-4-5-17-14(6-10)20-15(21)13(9-19-20)11-2-3-12(7-16)18-8-11/h2-6,8,13,19H,9H2,1H3. The van der Waals surface area contributed by atoms with Gasteiger partial charge in [-0.3, -0.25) is 4.79 Å². The summed E-state index contributed by atoms with van der Waals surface area (Å²) in [4.78, 5) is 20.7. The Balaban J connectivity index is 1.84. The van der Waals surface area contributed by atoms with Crippen molar-refractivity contribution in [1.29, 1.82) is 5.26 Å². The summed E-state index contributed by atoms with van der Waals surface area (Å²) in [5, 5.41) is 10.2. The second kappa shape index (κ2) is 5.31. The number of hydrazine groups is 1. The number of anilines is 1. The average Bonchev–Trinajstić information content (AvgIpc) is 2.89. The lowest BCUT2D eigenvalue weighted by Gasteiger charge is -2.15. The Hall–Kier alpha value is -2.78. The van der Waals surface area contributed by atoms with Crippen molar-refractivity contribution >= 4 is 11.7 Å². The summed E-state index contributed by atoms with van der Waals surface area (Å²) in [5.41, 5.74) is 5.23. The largest absolute Gasteiger partial charge is 0.272 e. The number of carbonyl (C=O) groups excluding carboxylic acids is 1. The zero-order valence-electron chi connectivity index (χ0n) is 11.4. The highest BCUT2D eigenvalue weighted by Crippen LogP contribution is 2.25. The second-order valence-corrected chi connectivity index (χ2v) is 4.87. The molecule has 0 bridgehead atoms. The third-order valence-electron chi connectivity index (χ3n) is 3.41. The van der Waals surface area contributed by atoms with Gasteiger partial charge in [-0.2, -0.15) is 5.26 Å². The fraction of sp³-hybridized carbons (Fsp3) is 0.200. The molecule has 1 saturated heterocycles. The van der Waals surface area contributed by atoms with Gasteiger partial charge >= 0.3 is 0 Å². The number of carbonyl (C=O) groups is 1. The van der Waals surface area contributed by atoms with E-state index in [2.05, 4.69) is 15.4 Å². The van der Waals surface area contributed by atoms with Crippen molar-refractivity contribution in [3.8, 4) is 6.07 Å². The van der Waals surface area contributed by atoms with Gasteiger partial charge in [-0.15, -0.1) is 0 Å². The SMILES string of the molecule is Cc1ccnc(N2NCC(c3ccc(C#N)nc3)C2=O)c1. The van der Waals surface area contributed by atoms with Gasteiger partial charge in [0, 0.05) is 18.9 Å². The van der Waals surface area contributed by atoms with Gasteiger partial charge in [-0.05, 0) is 36.2 Å². The molecule has 1 aliphatic heterocycles. The molecule has 1 atom stereocenters. The number of nitrogens with one attached hydrogen (secondary N) is 1. The smallest absolute Gasteiger partial charge is 0.251 e. The molecular formula is C15H13N5O. The molecule has 0 aliphatic carbocycles. The molecule has 0 spiro atoms. The van der Waals surface area contributed by atoms with Crippen LogP contribution in [0.1, 0.15) is 22.7 Å². The molecule has 6 heteroatoms. The number of pyridine rings is 2. The topological polar surface area (TPSA) is 81.9 Å². The highest BCUT2D eigenvalue weighted by Gasteiger charge is 2.34. The third kappa shape index (κ3) is 2.47. The van der Waals surface area contributed by atoms with Crippen LogP contribution in [0.2, 0.25) is 0 Å². The first kappa shape index (κ1) is 13.2. The third-order valence-corrected chi connectivity index (χ3v) is 3.41. The van der Waals surface area contributed by atoms with Crippen LogP contribution in [0.5, 0.6) is 0 Å². The molecule has 2 aromatic heterocycles. The Morgan fingerprint density at radius 1 is 1.38 bits per heavy atom. The van der Waals surface area contributed by atoms with Gasteiger partial charge in [0.15, 0.2) is 0 Å². The van der Waals surface area contributed by atoms with Crippen molar-refractivity contribution < 1.29 is 4.79 Å². The average molecular weight is 279 g/mol. The van der Waals surface area contributed by atoms with Crippen LogP contribution in [-0.2, 0) is 4.79 Å². The number of aryl methyl sites for hydroxylation is 1. The van der Waals surface area contributed by atoms with E-state index in [9.17, 15) is 4.79 Å². The molecule has 0 saturated carbocycles. The minimum Gasteiger partial charge on any atom is -0.272 e. The van der Waals surface area contributed by atoms with Crippen LogP contribution in [0.4, 0.5) is 5.82 Å². The Labute approximate surface area is 122 Å². The van der Waals surface area contributed by atoms with E-state index in [1.54, 1.807) is 24.5 Å². The highest BCUT2D eigenvalue weighted by molar-refractivity contribution is 5.98. The molecule has 1 fully saturated rings. The molecule has 0 aromatic carbocycles. The number of amides is 1. The summed E-state index contributed by atoms with van der Waals surface area (Å²) >= 11 is 0. The fourth-order valence-corrected chi connectivity index (χ4v) is 2.28. The first-order chi connectivity index (χ1) is 10.2. The minimum atomic E-state index is -0.312. The lowest BCUT2D eigenvalue weighted by Crippen LogP contribution is -2.35. The van der Waals surface area contributed by atoms with Crippen LogP contribution in [0, 0.1) is 18.3 Å². The van der Waals surface area contributed by atoms with Crippen molar-refractivity contribution in [2.24, 2.45) is 0 Å². The fourth-order valence-electron chi connectivity index (χ4n) is 2.28. The van der Waals surface area contributed by atoms with E-state index < -0.39 is 0 Å². The van der Waals surface area contributed by atoms with Gasteiger partial charge in [-0.25, -0.2) is 20.4 Å². The summed E-state index contributed by atoms with van der Waals surface area (Å²) in [7, 11) is 0. The molecule has 1 unspecified atom stereocenters. The molecule has 1 aliphatic rings. The predicted molar refractivity (Wildman–Crippen MR) is 76.2 cm³/mol. The molecular weight excluding hydrogens is 266 g/mol. The van der Waals surface area contributed by atoms with Gasteiger partial charge in [0.2, 0.25) is 0 Å².